The first kappa shape index (κ1) is 5.56. The predicted molar refractivity (Wildman–Crippen MR) is 28.2 cm³/mol. The molecule has 0 saturated heterocycles. The standard InChI is InChI=1S/C4H4ClFN2/c1-8-2-3(5)4(6)7-8/h2H,1H3. The lowest BCUT2D eigenvalue weighted by Crippen LogP contribution is -1.86. The van der Waals surface area contributed by atoms with Gasteiger partial charge in [-0.25, -0.2) is 0 Å². The van der Waals surface area contributed by atoms with Crippen LogP contribution in [0.25, 0.3) is 0 Å². The summed E-state index contributed by atoms with van der Waals surface area (Å²) >= 11 is 5.27. The smallest absolute Gasteiger partial charge is 0.251 e. The second-order valence-electron chi connectivity index (χ2n) is 1.44. The van der Waals surface area contributed by atoms with Crippen molar-refractivity contribution in [2.24, 2.45) is 7.05 Å². The molecule has 8 heavy (non-hydrogen) atoms. The fourth-order valence-electron chi connectivity index (χ4n) is 0.432. The molecule has 0 aliphatic rings. The van der Waals surface area contributed by atoms with E-state index in [1.807, 2.05) is 0 Å². The second-order valence-corrected chi connectivity index (χ2v) is 1.85. The van der Waals surface area contributed by atoms with Crippen LogP contribution < -0.4 is 0 Å². The Bertz CT molecular complexity index is 176. The van der Waals surface area contributed by atoms with Crippen molar-refractivity contribution in [1.29, 1.82) is 0 Å². The molecule has 1 aromatic rings. The van der Waals surface area contributed by atoms with Crippen molar-refractivity contribution in [2.75, 3.05) is 0 Å². The molecule has 1 heterocycles. The first-order valence-electron chi connectivity index (χ1n) is 2.05. The molecule has 0 aliphatic heterocycles. The number of hydrogen-bond acceptors (Lipinski definition) is 1. The van der Waals surface area contributed by atoms with Crippen LogP contribution in [0.3, 0.4) is 0 Å². The van der Waals surface area contributed by atoms with Crippen LogP contribution in [-0.2, 0) is 7.05 Å². The van der Waals surface area contributed by atoms with Gasteiger partial charge in [-0.15, -0.1) is 5.10 Å². The third-order valence-electron chi connectivity index (χ3n) is 0.743. The van der Waals surface area contributed by atoms with Crippen LogP contribution in [0.15, 0.2) is 6.20 Å². The van der Waals surface area contributed by atoms with Gasteiger partial charge in [0.2, 0.25) is 0 Å². The van der Waals surface area contributed by atoms with Crippen LogP contribution in [0.4, 0.5) is 4.39 Å². The van der Waals surface area contributed by atoms with E-state index in [9.17, 15) is 4.39 Å². The zero-order valence-electron chi connectivity index (χ0n) is 4.23. The summed E-state index contributed by atoms with van der Waals surface area (Å²) in [7, 11) is 1.61. The molecule has 4 heteroatoms. The third-order valence-corrected chi connectivity index (χ3v) is 0.996. The van der Waals surface area contributed by atoms with E-state index in [-0.39, 0.29) is 5.02 Å². The molecule has 1 rings (SSSR count). The Morgan fingerprint density at radius 2 is 2.50 bits per heavy atom. The Balaban J connectivity index is 3.14. The van der Waals surface area contributed by atoms with Gasteiger partial charge in [-0.05, 0) is 0 Å². The Hall–Kier alpha value is -0.570. The molecule has 1 aromatic heterocycles. The molecule has 0 saturated carbocycles. The molecule has 44 valence electrons. The Morgan fingerprint density at radius 1 is 1.88 bits per heavy atom. The van der Waals surface area contributed by atoms with Crippen LogP contribution in [0.2, 0.25) is 5.02 Å². The van der Waals surface area contributed by atoms with E-state index in [4.69, 9.17) is 11.6 Å². The average molecular weight is 135 g/mol. The molecule has 0 bridgehead atoms. The molecule has 0 unspecified atom stereocenters. The maximum Gasteiger partial charge on any atom is 0.251 e. The van der Waals surface area contributed by atoms with Gasteiger partial charge in [0.25, 0.3) is 5.95 Å². The van der Waals surface area contributed by atoms with E-state index < -0.39 is 5.95 Å². The van der Waals surface area contributed by atoms with Gasteiger partial charge >= 0.3 is 0 Å². The van der Waals surface area contributed by atoms with Gasteiger partial charge in [0.1, 0.15) is 5.02 Å². The average Bonchev–Trinajstić information content (AvgIpc) is 1.85. The number of aromatic nitrogens is 2. The molecule has 0 atom stereocenters. The lowest BCUT2D eigenvalue weighted by atomic mass is 10.7. The Labute approximate surface area is 50.9 Å². The predicted octanol–water partition coefficient (Wildman–Crippen LogP) is 1.21. The first-order chi connectivity index (χ1) is 3.70. The SMILES string of the molecule is Cn1cc(Cl)c(F)n1. The summed E-state index contributed by atoms with van der Waals surface area (Å²) in [6.07, 6.45) is 1.40. The Kier molecular flexibility index (Phi) is 1.21. The van der Waals surface area contributed by atoms with Crippen molar-refractivity contribution in [1.82, 2.24) is 9.78 Å². The van der Waals surface area contributed by atoms with Gasteiger partial charge in [-0.1, -0.05) is 11.6 Å². The molecule has 0 amide bonds. The Morgan fingerprint density at radius 3 is 2.62 bits per heavy atom. The number of nitrogens with zero attached hydrogens (tertiary/aromatic N) is 2. The molecular weight excluding hydrogens is 131 g/mol. The molecule has 0 spiro atoms. The molecule has 0 aromatic carbocycles. The normalized spacial score (nSPS) is 9.88. The summed E-state index contributed by atoms with van der Waals surface area (Å²) < 4.78 is 13.4. The largest absolute Gasteiger partial charge is 0.271 e. The van der Waals surface area contributed by atoms with Crippen LogP contribution in [0.1, 0.15) is 0 Å². The third kappa shape index (κ3) is 0.816. The van der Waals surface area contributed by atoms with Gasteiger partial charge in [0, 0.05) is 13.2 Å². The van der Waals surface area contributed by atoms with Crippen molar-refractivity contribution in [2.45, 2.75) is 0 Å². The van der Waals surface area contributed by atoms with Gasteiger partial charge in [-0.2, -0.15) is 4.39 Å². The van der Waals surface area contributed by atoms with Gasteiger partial charge in [-0.3, -0.25) is 4.68 Å². The zero-order valence-corrected chi connectivity index (χ0v) is 4.98. The minimum absolute atomic E-state index is 0.0625. The van der Waals surface area contributed by atoms with Crippen LogP contribution >= 0.6 is 11.6 Å². The van der Waals surface area contributed by atoms with E-state index in [0.717, 1.165) is 0 Å². The fraction of sp³-hybridized carbons (Fsp3) is 0.250. The number of aryl methyl sites for hydroxylation is 1. The van der Waals surface area contributed by atoms with Crippen LogP contribution in [-0.4, -0.2) is 9.78 Å². The van der Waals surface area contributed by atoms with E-state index in [1.165, 1.54) is 10.9 Å². The maximum atomic E-state index is 12.1. The van der Waals surface area contributed by atoms with E-state index >= 15 is 0 Å². The highest BCUT2D eigenvalue weighted by Gasteiger charge is 2.00. The minimum Gasteiger partial charge on any atom is -0.271 e. The second kappa shape index (κ2) is 1.74. The summed E-state index contributed by atoms with van der Waals surface area (Å²) in [5.74, 6) is -0.617. The first-order valence-corrected chi connectivity index (χ1v) is 2.42. The van der Waals surface area contributed by atoms with E-state index in [1.54, 1.807) is 7.05 Å². The molecular formula is C4H4ClFN2. The lowest BCUT2D eigenvalue weighted by Gasteiger charge is -1.77. The highest BCUT2D eigenvalue weighted by atomic mass is 35.5. The van der Waals surface area contributed by atoms with Gasteiger partial charge in [0.15, 0.2) is 0 Å². The molecule has 2 nitrogen and oxygen atoms in total. The summed E-state index contributed by atoms with van der Waals surface area (Å²) in [5, 5.41) is 3.39. The van der Waals surface area contributed by atoms with Crippen molar-refractivity contribution in [3.8, 4) is 0 Å². The highest BCUT2D eigenvalue weighted by Crippen LogP contribution is 2.09. The topological polar surface area (TPSA) is 17.8 Å². The number of hydrogen-bond donors (Lipinski definition) is 0. The van der Waals surface area contributed by atoms with E-state index in [0.29, 0.717) is 0 Å². The van der Waals surface area contributed by atoms with Crippen molar-refractivity contribution >= 4 is 11.6 Å². The summed E-state index contributed by atoms with van der Waals surface area (Å²) in [4.78, 5) is 0. The number of halogens is 2. The molecule has 0 radical (unpaired) electrons. The van der Waals surface area contributed by atoms with Crippen molar-refractivity contribution in [3.05, 3.63) is 17.2 Å². The number of rotatable bonds is 0. The molecule has 0 fully saturated rings. The van der Waals surface area contributed by atoms with Crippen molar-refractivity contribution < 1.29 is 4.39 Å². The van der Waals surface area contributed by atoms with Gasteiger partial charge < -0.3 is 0 Å². The van der Waals surface area contributed by atoms with Crippen molar-refractivity contribution in [3.63, 3.8) is 0 Å². The minimum atomic E-state index is -0.617. The summed E-state index contributed by atoms with van der Waals surface area (Å²) in [5.41, 5.74) is 0. The zero-order chi connectivity index (χ0) is 6.15. The quantitative estimate of drug-likeness (QED) is 0.522. The van der Waals surface area contributed by atoms with E-state index in [2.05, 4.69) is 5.10 Å². The summed E-state index contributed by atoms with van der Waals surface area (Å²) in [6, 6.07) is 0. The van der Waals surface area contributed by atoms with Crippen LogP contribution in [0, 0.1) is 5.95 Å². The van der Waals surface area contributed by atoms with Crippen LogP contribution in [0.5, 0.6) is 0 Å². The maximum absolute atomic E-state index is 12.1. The fourth-order valence-corrected chi connectivity index (χ4v) is 0.611. The lowest BCUT2D eigenvalue weighted by molar-refractivity contribution is 0.553. The monoisotopic (exact) mass is 134 g/mol. The molecule has 0 N–H and O–H groups in total. The van der Waals surface area contributed by atoms with Gasteiger partial charge in [0.05, 0.1) is 0 Å². The summed E-state index contributed by atoms with van der Waals surface area (Å²) in [6.45, 7) is 0. The highest BCUT2D eigenvalue weighted by molar-refractivity contribution is 6.30. The molecule has 0 aliphatic carbocycles.